The summed E-state index contributed by atoms with van der Waals surface area (Å²) < 4.78 is 0.909. The molecule has 0 radical (unpaired) electrons. The Bertz CT molecular complexity index is 453. The number of rotatable bonds is 4. The summed E-state index contributed by atoms with van der Waals surface area (Å²) in [6.07, 6.45) is 6.47. The van der Waals surface area contributed by atoms with E-state index in [2.05, 4.69) is 33.8 Å². The molecule has 1 aromatic rings. The van der Waals surface area contributed by atoms with Crippen molar-refractivity contribution in [1.29, 1.82) is 5.41 Å². The number of hydrogen-bond acceptors (Lipinski definition) is 2. The van der Waals surface area contributed by atoms with Crippen molar-refractivity contribution in [2.24, 2.45) is 5.73 Å². The minimum atomic E-state index is 0.136. The van der Waals surface area contributed by atoms with Crippen LogP contribution in [0.1, 0.15) is 44.6 Å². The number of hydrogen-bond donors (Lipinski definition) is 2. The number of benzene rings is 1. The topological polar surface area (TPSA) is 53.1 Å². The lowest BCUT2D eigenvalue weighted by Crippen LogP contribution is -2.38. The van der Waals surface area contributed by atoms with Crippen LogP contribution < -0.4 is 10.6 Å². The molecule has 0 heterocycles. The Morgan fingerprint density at radius 1 is 1.37 bits per heavy atom. The standard InChI is InChI=1S/C15H22BrN3/c1-2-19(11-7-4-3-5-8-11)13-10-6-9-12(16)14(13)15(17)18/h6,9-11H,2-5,7-8H2,1H3,(H3,17,18). The predicted molar refractivity (Wildman–Crippen MR) is 85.1 cm³/mol. The first-order valence-corrected chi connectivity index (χ1v) is 7.84. The van der Waals surface area contributed by atoms with Crippen LogP contribution in [0, 0.1) is 5.41 Å². The fraction of sp³-hybridized carbons (Fsp3) is 0.533. The van der Waals surface area contributed by atoms with Gasteiger partial charge >= 0.3 is 0 Å². The van der Waals surface area contributed by atoms with E-state index in [1.807, 2.05) is 12.1 Å². The van der Waals surface area contributed by atoms with Gasteiger partial charge in [0.05, 0.1) is 5.56 Å². The third-order valence-corrected chi connectivity index (χ3v) is 4.59. The van der Waals surface area contributed by atoms with Crippen LogP contribution in [-0.4, -0.2) is 18.4 Å². The molecule has 0 unspecified atom stereocenters. The van der Waals surface area contributed by atoms with Crippen molar-refractivity contribution in [2.75, 3.05) is 11.4 Å². The van der Waals surface area contributed by atoms with Gasteiger partial charge in [0, 0.05) is 22.7 Å². The predicted octanol–water partition coefficient (Wildman–Crippen LogP) is 3.89. The molecule has 2 rings (SSSR count). The van der Waals surface area contributed by atoms with Crippen molar-refractivity contribution in [2.45, 2.75) is 45.1 Å². The van der Waals surface area contributed by atoms with Gasteiger partial charge in [0.2, 0.25) is 0 Å². The smallest absolute Gasteiger partial charge is 0.126 e. The molecule has 1 aromatic carbocycles. The molecule has 4 heteroatoms. The van der Waals surface area contributed by atoms with Gasteiger partial charge in [-0.1, -0.05) is 25.3 Å². The highest BCUT2D eigenvalue weighted by molar-refractivity contribution is 9.10. The number of anilines is 1. The number of nitrogens with two attached hydrogens (primary N) is 1. The summed E-state index contributed by atoms with van der Waals surface area (Å²) in [7, 11) is 0. The number of amidine groups is 1. The molecule has 0 bridgehead atoms. The maximum absolute atomic E-state index is 7.82. The first-order valence-electron chi connectivity index (χ1n) is 7.04. The highest BCUT2D eigenvalue weighted by Gasteiger charge is 2.23. The number of nitrogens with zero attached hydrogens (tertiary/aromatic N) is 1. The van der Waals surface area contributed by atoms with Gasteiger partial charge in [-0.2, -0.15) is 0 Å². The first-order chi connectivity index (χ1) is 9.15. The molecule has 0 aliphatic heterocycles. The molecule has 1 aliphatic carbocycles. The van der Waals surface area contributed by atoms with Gasteiger partial charge in [0.1, 0.15) is 5.84 Å². The fourth-order valence-electron chi connectivity index (χ4n) is 3.04. The molecule has 3 N–H and O–H groups in total. The summed E-state index contributed by atoms with van der Waals surface area (Å²) in [5.41, 5.74) is 7.69. The summed E-state index contributed by atoms with van der Waals surface area (Å²) in [6, 6.07) is 6.65. The zero-order chi connectivity index (χ0) is 13.8. The second-order valence-corrected chi connectivity index (χ2v) is 5.98. The number of halogens is 1. The van der Waals surface area contributed by atoms with Crippen LogP contribution in [-0.2, 0) is 0 Å². The molecule has 0 atom stereocenters. The Labute approximate surface area is 123 Å². The summed E-state index contributed by atoms with van der Waals surface area (Å²) >= 11 is 3.52. The van der Waals surface area contributed by atoms with E-state index in [0.29, 0.717) is 6.04 Å². The zero-order valence-corrected chi connectivity index (χ0v) is 13.0. The van der Waals surface area contributed by atoms with E-state index in [4.69, 9.17) is 11.1 Å². The SMILES string of the molecule is CCN(c1cccc(Br)c1C(=N)N)C1CCCCC1. The molecular weight excluding hydrogens is 302 g/mol. The van der Waals surface area contributed by atoms with Crippen molar-refractivity contribution in [1.82, 2.24) is 0 Å². The molecule has 3 nitrogen and oxygen atoms in total. The van der Waals surface area contributed by atoms with Crippen molar-refractivity contribution < 1.29 is 0 Å². The van der Waals surface area contributed by atoms with Gasteiger partial charge in [-0.3, -0.25) is 5.41 Å². The number of nitrogens with one attached hydrogen (secondary N) is 1. The van der Waals surface area contributed by atoms with Crippen LogP contribution in [0.3, 0.4) is 0 Å². The van der Waals surface area contributed by atoms with Gasteiger partial charge in [-0.25, -0.2) is 0 Å². The van der Waals surface area contributed by atoms with E-state index in [1.165, 1.54) is 32.1 Å². The number of nitrogen functional groups attached to an aromatic ring is 1. The third-order valence-electron chi connectivity index (χ3n) is 3.93. The van der Waals surface area contributed by atoms with Crippen molar-refractivity contribution in [3.05, 3.63) is 28.2 Å². The molecule has 1 fully saturated rings. The average Bonchev–Trinajstić information content (AvgIpc) is 2.40. The minimum absolute atomic E-state index is 0.136. The van der Waals surface area contributed by atoms with E-state index in [-0.39, 0.29) is 5.84 Å². The van der Waals surface area contributed by atoms with Gasteiger partial charge in [-0.15, -0.1) is 0 Å². The Morgan fingerprint density at radius 3 is 2.63 bits per heavy atom. The summed E-state index contributed by atoms with van der Waals surface area (Å²) in [5, 5.41) is 7.82. The van der Waals surface area contributed by atoms with Crippen LogP contribution in [0.2, 0.25) is 0 Å². The van der Waals surface area contributed by atoms with Crippen LogP contribution in [0.15, 0.2) is 22.7 Å². The molecule has 1 aliphatic rings. The molecule has 0 aromatic heterocycles. The molecule has 1 saturated carbocycles. The monoisotopic (exact) mass is 323 g/mol. The Kier molecular flexibility index (Phi) is 4.86. The highest BCUT2D eigenvalue weighted by Crippen LogP contribution is 2.32. The van der Waals surface area contributed by atoms with Crippen LogP contribution in [0.25, 0.3) is 0 Å². The second-order valence-electron chi connectivity index (χ2n) is 5.13. The van der Waals surface area contributed by atoms with Gasteiger partial charge < -0.3 is 10.6 Å². The molecule has 0 saturated heterocycles. The first kappa shape index (κ1) is 14.4. The van der Waals surface area contributed by atoms with Crippen molar-refractivity contribution >= 4 is 27.5 Å². The van der Waals surface area contributed by atoms with E-state index >= 15 is 0 Å². The van der Waals surface area contributed by atoms with Gasteiger partial charge in [0.25, 0.3) is 0 Å². The molecule has 104 valence electrons. The summed E-state index contributed by atoms with van der Waals surface area (Å²) in [6.45, 7) is 3.14. The van der Waals surface area contributed by atoms with E-state index in [9.17, 15) is 0 Å². The maximum atomic E-state index is 7.82. The molecule has 0 spiro atoms. The van der Waals surface area contributed by atoms with Crippen LogP contribution >= 0.6 is 15.9 Å². The summed E-state index contributed by atoms with van der Waals surface area (Å²) in [5.74, 6) is 0.136. The van der Waals surface area contributed by atoms with E-state index in [0.717, 1.165) is 22.3 Å². The largest absolute Gasteiger partial charge is 0.384 e. The zero-order valence-electron chi connectivity index (χ0n) is 11.5. The fourth-order valence-corrected chi connectivity index (χ4v) is 3.61. The van der Waals surface area contributed by atoms with Crippen molar-refractivity contribution in [3.63, 3.8) is 0 Å². The minimum Gasteiger partial charge on any atom is -0.384 e. The Balaban J connectivity index is 2.37. The maximum Gasteiger partial charge on any atom is 0.126 e. The average molecular weight is 324 g/mol. The van der Waals surface area contributed by atoms with E-state index in [1.54, 1.807) is 0 Å². The van der Waals surface area contributed by atoms with Crippen molar-refractivity contribution in [3.8, 4) is 0 Å². The van der Waals surface area contributed by atoms with E-state index < -0.39 is 0 Å². The van der Waals surface area contributed by atoms with Gasteiger partial charge in [0.15, 0.2) is 0 Å². The van der Waals surface area contributed by atoms with Crippen LogP contribution in [0.5, 0.6) is 0 Å². The lowest BCUT2D eigenvalue weighted by molar-refractivity contribution is 0.418. The third kappa shape index (κ3) is 3.11. The Hall–Kier alpha value is -1.03. The molecular formula is C15H22BrN3. The lowest BCUT2D eigenvalue weighted by Gasteiger charge is -2.36. The van der Waals surface area contributed by atoms with Gasteiger partial charge in [-0.05, 0) is 47.8 Å². The normalized spacial score (nSPS) is 16.3. The van der Waals surface area contributed by atoms with Crippen LogP contribution in [0.4, 0.5) is 5.69 Å². The Morgan fingerprint density at radius 2 is 2.05 bits per heavy atom. The summed E-state index contributed by atoms with van der Waals surface area (Å²) in [4.78, 5) is 2.42. The quantitative estimate of drug-likeness (QED) is 0.652. The highest BCUT2D eigenvalue weighted by atomic mass is 79.9. The molecule has 19 heavy (non-hydrogen) atoms. The lowest BCUT2D eigenvalue weighted by atomic mass is 9.93. The second kappa shape index (κ2) is 6.42. The molecule has 0 amide bonds.